The largest absolute Gasteiger partial charge is 0.370 e. The molecule has 3 heterocycles. The maximum Gasteiger partial charge on any atom is 0.211 e. The molecule has 1 fully saturated rings. The molecule has 0 aliphatic carbocycles. The van der Waals surface area contributed by atoms with Crippen LogP contribution in [0.1, 0.15) is 0 Å². The van der Waals surface area contributed by atoms with Crippen LogP contribution in [-0.2, 0) is 11.3 Å². The molecule has 25 heavy (non-hydrogen) atoms. The Hall–Kier alpha value is -1.96. The SMILES string of the molecule is C=CCn1c2ccccc2c2nnc(SCC[NH+]3CCOCC3)nc21. The smallest absolute Gasteiger partial charge is 0.211 e. The molecule has 4 rings (SSSR count). The van der Waals surface area contributed by atoms with Gasteiger partial charge in [-0.15, -0.1) is 16.8 Å². The van der Waals surface area contributed by atoms with Crippen LogP contribution in [0.15, 0.2) is 42.1 Å². The molecular formula is C18H22N5OS+. The molecule has 1 N–H and O–H groups in total. The van der Waals surface area contributed by atoms with Crippen molar-refractivity contribution >= 4 is 33.8 Å². The highest BCUT2D eigenvalue weighted by Gasteiger charge is 2.16. The number of nitrogens with one attached hydrogen (secondary N) is 1. The molecule has 0 radical (unpaired) electrons. The third-order valence-corrected chi connectivity index (χ3v) is 5.39. The molecular weight excluding hydrogens is 334 g/mol. The first-order chi connectivity index (χ1) is 12.4. The molecule has 3 aromatic rings. The Morgan fingerprint density at radius 2 is 2.08 bits per heavy atom. The number of allylic oxidation sites excluding steroid dienone is 1. The van der Waals surface area contributed by atoms with Gasteiger partial charge >= 0.3 is 0 Å². The first-order valence-corrected chi connectivity index (χ1v) is 9.62. The normalized spacial score (nSPS) is 15.8. The van der Waals surface area contributed by atoms with E-state index < -0.39 is 0 Å². The zero-order valence-electron chi connectivity index (χ0n) is 14.1. The average molecular weight is 356 g/mol. The molecule has 0 unspecified atom stereocenters. The number of aromatic nitrogens is 4. The van der Waals surface area contributed by atoms with Crippen LogP contribution in [0.3, 0.4) is 0 Å². The molecule has 7 heteroatoms. The van der Waals surface area contributed by atoms with Crippen molar-refractivity contribution in [3.8, 4) is 0 Å². The molecule has 2 aromatic heterocycles. The number of fused-ring (bicyclic) bond motifs is 3. The molecule has 0 bridgehead atoms. The molecule has 0 amide bonds. The van der Waals surface area contributed by atoms with Crippen molar-refractivity contribution in [3.05, 3.63) is 36.9 Å². The van der Waals surface area contributed by atoms with Crippen LogP contribution in [-0.4, -0.2) is 58.3 Å². The summed E-state index contributed by atoms with van der Waals surface area (Å²) in [6, 6.07) is 8.23. The van der Waals surface area contributed by atoms with Crippen LogP contribution in [0.25, 0.3) is 22.1 Å². The first kappa shape index (κ1) is 16.5. The third-order valence-electron chi connectivity index (χ3n) is 4.55. The minimum Gasteiger partial charge on any atom is -0.370 e. The van der Waals surface area contributed by atoms with Gasteiger partial charge in [-0.3, -0.25) is 0 Å². The quantitative estimate of drug-likeness (QED) is 0.531. The summed E-state index contributed by atoms with van der Waals surface area (Å²) in [6.07, 6.45) is 1.89. The Morgan fingerprint density at radius 1 is 1.24 bits per heavy atom. The zero-order chi connectivity index (χ0) is 17.1. The maximum absolute atomic E-state index is 5.40. The van der Waals surface area contributed by atoms with Gasteiger partial charge in [0.1, 0.15) is 18.6 Å². The highest BCUT2D eigenvalue weighted by Crippen LogP contribution is 2.26. The number of ether oxygens (including phenoxy) is 1. The Labute approximate surface area is 150 Å². The number of benzene rings is 1. The van der Waals surface area contributed by atoms with E-state index in [9.17, 15) is 0 Å². The molecule has 6 nitrogen and oxygen atoms in total. The summed E-state index contributed by atoms with van der Waals surface area (Å²) in [4.78, 5) is 6.38. The summed E-state index contributed by atoms with van der Waals surface area (Å²) in [5.41, 5.74) is 2.87. The topological polar surface area (TPSA) is 57.3 Å². The van der Waals surface area contributed by atoms with Gasteiger partial charge in [-0.2, -0.15) is 0 Å². The van der Waals surface area contributed by atoms with Crippen LogP contribution < -0.4 is 4.90 Å². The second kappa shape index (κ2) is 7.51. The van der Waals surface area contributed by atoms with Gasteiger partial charge in [0, 0.05) is 11.9 Å². The Balaban J connectivity index is 1.57. The molecule has 1 aliphatic heterocycles. The number of hydrogen-bond acceptors (Lipinski definition) is 5. The highest BCUT2D eigenvalue weighted by molar-refractivity contribution is 7.99. The van der Waals surface area contributed by atoms with Crippen molar-refractivity contribution in [3.63, 3.8) is 0 Å². The number of quaternary nitrogens is 1. The summed E-state index contributed by atoms with van der Waals surface area (Å²) < 4.78 is 7.56. The molecule has 1 aromatic carbocycles. The van der Waals surface area contributed by atoms with Crippen molar-refractivity contribution in [1.82, 2.24) is 19.7 Å². The predicted molar refractivity (Wildman–Crippen MR) is 100 cm³/mol. The van der Waals surface area contributed by atoms with Gasteiger partial charge in [-0.1, -0.05) is 36.0 Å². The second-order valence-electron chi connectivity index (χ2n) is 6.14. The Morgan fingerprint density at radius 3 is 2.92 bits per heavy atom. The Kier molecular flexibility index (Phi) is 4.96. The lowest BCUT2D eigenvalue weighted by Gasteiger charge is -2.23. The lowest BCUT2D eigenvalue weighted by atomic mass is 10.2. The fourth-order valence-corrected chi connectivity index (χ4v) is 4.08. The lowest BCUT2D eigenvalue weighted by Crippen LogP contribution is -3.14. The number of para-hydroxylation sites is 1. The summed E-state index contributed by atoms with van der Waals surface area (Å²) in [6.45, 7) is 9.60. The van der Waals surface area contributed by atoms with Crippen LogP contribution in [0.2, 0.25) is 0 Å². The molecule has 0 saturated carbocycles. The number of hydrogen-bond donors (Lipinski definition) is 1. The van der Waals surface area contributed by atoms with Crippen molar-refractivity contribution in [1.29, 1.82) is 0 Å². The zero-order valence-corrected chi connectivity index (χ0v) is 15.0. The van der Waals surface area contributed by atoms with E-state index in [0.29, 0.717) is 6.54 Å². The summed E-state index contributed by atoms with van der Waals surface area (Å²) >= 11 is 1.68. The van der Waals surface area contributed by atoms with Gasteiger partial charge in [-0.05, 0) is 6.07 Å². The van der Waals surface area contributed by atoms with Crippen LogP contribution in [0.5, 0.6) is 0 Å². The van der Waals surface area contributed by atoms with Crippen molar-refractivity contribution in [2.45, 2.75) is 11.7 Å². The second-order valence-corrected chi connectivity index (χ2v) is 7.21. The molecule has 130 valence electrons. The van der Waals surface area contributed by atoms with E-state index in [1.165, 1.54) is 0 Å². The van der Waals surface area contributed by atoms with Crippen LogP contribution in [0.4, 0.5) is 0 Å². The van der Waals surface area contributed by atoms with Crippen LogP contribution in [0, 0.1) is 0 Å². The summed E-state index contributed by atoms with van der Waals surface area (Å²) in [7, 11) is 0. The van der Waals surface area contributed by atoms with E-state index in [1.54, 1.807) is 16.7 Å². The van der Waals surface area contributed by atoms with Gasteiger partial charge in [0.2, 0.25) is 5.16 Å². The van der Waals surface area contributed by atoms with Gasteiger partial charge in [0.05, 0.1) is 31.0 Å². The summed E-state index contributed by atoms with van der Waals surface area (Å²) in [5.74, 6) is 0.990. The van der Waals surface area contributed by atoms with Crippen LogP contribution >= 0.6 is 11.8 Å². The van der Waals surface area contributed by atoms with E-state index in [4.69, 9.17) is 9.72 Å². The minimum atomic E-state index is 0.713. The predicted octanol–water partition coefficient (Wildman–Crippen LogP) is 1.17. The van der Waals surface area contributed by atoms with Gasteiger partial charge in [-0.25, -0.2) is 4.98 Å². The van der Waals surface area contributed by atoms with Gasteiger partial charge in [0.15, 0.2) is 5.65 Å². The number of morpholine rings is 1. The summed E-state index contributed by atoms with van der Waals surface area (Å²) in [5, 5.41) is 10.6. The number of nitrogens with zero attached hydrogens (tertiary/aromatic N) is 4. The number of thioether (sulfide) groups is 1. The van der Waals surface area contributed by atoms with Crippen molar-refractivity contribution in [2.75, 3.05) is 38.6 Å². The molecule has 0 atom stereocenters. The minimum absolute atomic E-state index is 0.713. The van der Waals surface area contributed by atoms with Gasteiger partial charge < -0.3 is 14.2 Å². The monoisotopic (exact) mass is 356 g/mol. The Bertz CT molecular complexity index is 888. The molecule has 0 spiro atoms. The highest BCUT2D eigenvalue weighted by atomic mass is 32.2. The van der Waals surface area contributed by atoms with E-state index in [-0.39, 0.29) is 0 Å². The van der Waals surface area contributed by atoms with E-state index in [0.717, 1.165) is 65.8 Å². The van der Waals surface area contributed by atoms with Crippen molar-refractivity contribution < 1.29 is 9.64 Å². The fraction of sp³-hybridized carbons (Fsp3) is 0.389. The average Bonchev–Trinajstić information content (AvgIpc) is 2.97. The maximum atomic E-state index is 5.40. The van der Waals surface area contributed by atoms with E-state index >= 15 is 0 Å². The third kappa shape index (κ3) is 3.40. The molecule has 1 saturated heterocycles. The fourth-order valence-electron chi connectivity index (χ4n) is 3.26. The van der Waals surface area contributed by atoms with Crippen molar-refractivity contribution in [2.24, 2.45) is 0 Å². The van der Waals surface area contributed by atoms with Gasteiger partial charge in [0.25, 0.3) is 0 Å². The first-order valence-electron chi connectivity index (χ1n) is 8.63. The van der Waals surface area contributed by atoms with E-state index in [2.05, 4.69) is 33.5 Å². The lowest BCUT2D eigenvalue weighted by molar-refractivity contribution is -0.905. The van der Waals surface area contributed by atoms with E-state index in [1.807, 2.05) is 18.2 Å². The molecule has 1 aliphatic rings. The number of rotatable bonds is 6. The standard InChI is InChI=1S/C18H21N5OS/c1-2-7-23-15-6-4-3-5-14(15)16-17(23)19-18(21-20-16)25-13-10-22-8-11-24-12-9-22/h2-6H,1,7-13H2/p+1.